The van der Waals surface area contributed by atoms with Crippen LogP contribution in [0.1, 0.15) is 31.1 Å². The summed E-state index contributed by atoms with van der Waals surface area (Å²) >= 11 is 5.92. The summed E-state index contributed by atoms with van der Waals surface area (Å²) in [5, 5.41) is 11.8. The number of H-pyrrole nitrogens is 1. The zero-order chi connectivity index (χ0) is 18.8. The summed E-state index contributed by atoms with van der Waals surface area (Å²) in [6, 6.07) is 11.2. The Bertz CT molecular complexity index is 960. The number of pyridine rings is 1. The van der Waals surface area contributed by atoms with E-state index in [4.69, 9.17) is 11.6 Å². The summed E-state index contributed by atoms with van der Waals surface area (Å²) in [6.07, 6.45) is 6.09. The molecule has 8 heteroatoms. The van der Waals surface area contributed by atoms with Crippen molar-refractivity contribution in [3.63, 3.8) is 0 Å². The molecule has 1 aliphatic heterocycles. The normalized spacial score (nSPS) is 17.1. The van der Waals surface area contributed by atoms with E-state index in [0.29, 0.717) is 12.4 Å². The predicted molar refractivity (Wildman–Crippen MR) is 104 cm³/mol. The third-order valence-electron chi connectivity index (χ3n) is 4.78. The van der Waals surface area contributed by atoms with Crippen LogP contribution in [0, 0.1) is 10.1 Å². The number of hydrogen-bond donors (Lipinski definition) is 1. The maximum Gasteiger partial charge on any atom is 0.313 e. The highest BCUT2D eigenvalue weighted by atomic mass is 35.5. The van der Waals surface area contributed by atoms with Crippen molar-refractivity contribution < 1.29 is 4.92 Å². The molecule has 1 aliphatic rings. The quantitative estimate of drug-likeness (QED) is 0.518. The minimum atomic E-state index is -0.433. The number of rotatable bonds is 4. The molecule has 0 spiro atoms. The Balaban J connectivity index is 1.70. The third-order valence-corrected chi connectivity index (χ3v) is 4.99. The molecule has 3 heterocycles. The van der Waals surface area contributed by atoms with Gasteiger partial charge < -0.3 is 9.88 Å². The Morgan fingerprint density at radius 1 is 1.19 bits per heavy atom. The molecular formula is C19H18ClN5O2. The van der Waals surface area contributed by atoms with Crippen LogP contribution in [0.2, 0.25) is 5.02 Å². The number of nitro groups is 1. The molecule has 1 aromatic carbocycles. The fraction of sp³-hybridized carbons (Fsp3) is 0.263. The average molecular weight is 384 g/mol. The minimum Gasteiger partial charge on any atom is -0.341 e. The fourth-order valence-electron chi connectivity index (χ4n) is 3.52. The van der Waals surface area contributed by atoms with Gasteiger partial charge in [-0.15, -0.1) is 0 Å². The lowest BCUT2D eigenvalue weighted by Gasteiger charge is -2.35. The Hall–Kier alpha value is -2.93. The van der Waals surface area contributed by atoms with Crippen molar-refractivity contribution in [2.45, 2.75) is 25.3 Å². The van der Waals surface area contributed by atoms with Crippen LogP contribution in [0.25, 0.3) is 11.3 Å². The molecule has 4 rings (SSSR count). The zero-order valence-corrected chi connectivity index (χ0v) is 15.3. The molecule has 0 bridgehead atoms. The lowest BCUT2D eigenvalue weighted by molar-refractivity contribution is -0.384. The first-order valence-electron chi connectivity index (χ1n) is 8.80. The first-order valence-corrected chi connectivity index (χ1v) is 9.18. The molecule has 0 saturated carbocycles. The Morgan fingerprint density at radius 3 is 2.78 bits per heavy atom. The molecule has 0 radical (unpaired) electrons. The van der Waals surface area contributed by atoms with E-state index in [1.807, 2.05) is 35.2 Å². The maximum atomic E-state index is 11.5. The Labute approximate surface area is 161 Å². The van der Waals surface area contributed by atoms with E-state index < -0.39 is 4.92 Å². The number of aromatic amines is 1. The van der Waals surface area contributed by atoms with E-state index in [9.17, 15) is 10.1 Å². The van der Waals surface area contributed by atoms with E-state index >= 15 is 0 Å². The van der Waals surface area contributed by atoms with Gasteiger partial charge in [0.25, 0.3) is 0 Å². The first kappa shape index (κ1) is 17.5. The largest absolute Gasteiger partial charge is 0.341 e. The number of nitrogens with zero attached hydrogens (tertiary/aromatic N) is 4. The Kier molecular flexibility index (Phi) is 4.77. The SMILES string of the molecule is O=[N+]([O-])c1cc(Cl)cnc1N1CCCCC1c1ncc(-c2ccccc2)[nH]1. The van der Waals surface area contributed by atoms with Gasteiger partial charge in [0.15, 0.2) is 0 Å². The molecule has 1 fully saturated rings. The van der Waals surface area contributed by atoms with Gasteiger partial charge in [-0.25, -0.2) is 9.97 Å². The van der Waals surface area contributed by atoms with Crippen molar-refractivity contribution in [2.75, 3.05) is 11.4 Å². The summed E-state index contributed by atoms with van der Waals surface area (Å²) in [4.78, 5) is 25.3. The lowest BCUT2D eigenvalue weighted by Crippen LogP contribution is -2.35. The molecule has 27 heavy (non-hydrogen) atoms. The molecule has 0 amide bonds. The number of halogens is 1. The molecule has 138 valence electrons. The second-order valence-corrected chi connectivity index (χ2v) is 6.94. The van der Waals surface area contributed by atoms with Crippen LogP contribution in [0.4, 0.5) is 11.5 Å². The molecule has 3 aromatic rings. The van der Waals surface area contributed by atoms with Crippen LogP contribution < -0.4 is 4.90 Å². The molecular weight excluding hydrogens is 366 g/mol. The predicted octanol–water partition coefficient (Wildman–Crippen LogP) is 4.76. The highest BCUT2D eigenvalue weighted by Crippen LogP contribution is 2.38. The van der Waals surface area contributed by atoms with Crippen LogP contribution in [-0.4, -0.2) is 26.4 Å². The van der Waals surface area contributed by atoms with Crippen molar-refractivity contribution in [3.8, 4) is 11.3 Å². The summed E-state index contributed by atoms with van der Waals surface area (Å²) < 4.78 is 0. The van der Waals surface area contributed by atoms with Gasteiger partial charge in [0.2, 0.25) is 5.82 Å². The van der Waals surface area contributed by atoms with Crippen molar-refractivity contribution in [1.82, 2.24) is 15.0 Å². The monoisotopic (exact) mass is 383 g/mol. The highest BCUT2D eigenvalue weighted by molar-refractivity contribution is 6.30. The van der Waals surface area contributed by atoms with Gasteiger partial charge in [0, 0.05) is 18.8 Å². The standard InChI is InChI=1S/C19H18ClN5O2/c20-14-10-17(25(26)27)19(22-11-14)24-9-5-4-8-16(24)18-21-12-15(23-18)13-6-2-1-3-7-13/h1-3,6-7,10-12,16H,4-5,8-9H2,(H,21,23). The van der Waals surface area contributed by atoms with Crippen LogP contribution >= 0.6 is 11.6 Å². The number of imidazole rings is 1. The summed E-state index contributed by atoms with van der Waals surface area (Å²) in [5.74, 6) is 1.13. The van der Waals surface area contributed by atoms with Crippen LogP contribution in [-0.2, 0) is 0 Å². The number of nitrogens with one attached hydrogen (secondary N) is 1. The van der Waals surface area contributed by atoms with Crippen molar-refractivity contribution >= 4 is 23.1 Å². The summed E-state index contributed by atoms with van der Waals surface area (Å²) in [7, 11) is 0. The Morgan fingerprint density at radius 2 is 2.00 bits per heavy atom. The first-order chi connectivity index (χ1) is 13.1. The second-order valence-electron chi connectivity index (χ2n) is 6.51. The molecule has 2 aromatic heterocycles. The number of anilines is 1. The molecule has 7 nitrogen and oxygen atoms in total. The van der Waals surface area contributed by atoms with E-state index in [1.165, 1.54) is 12.3 Å². The van der Waals surface area contributed by atoms with Crippen LogP contribution in [0.5, 0.6) is 0 Å². The fourth-order valence-corrected chi connectivity index (χ4v) is 3.67. The zero-order valence-electron chi connectivity index (χ0n) is 14.5. The lowest BCUT2D eigenvalue weighted by atomic mass is 10.0. The van der Waals surface area contributed by atoms with Crippen LogP contribution in [0.3, 0.4) is 0 Å². The minimum absolute atomic E-state index is 0.0794. The average Bonchev–Trinajstić information content (AvgIpc) is 3.19. The number of aromatic nitrogens is 3. The molecule has 1 saturated heterocycles. The van der Waals surface area contributed by atoms with Gasteiger partial charge in [-0.2, -0.15) is 0 Å². The van der Waals surface area contributed by atoms with Gasteiger partial charge in [0.05, 0.1) is 27.9 Å². The summed E-state index contributed by atoms with van der Waals surface area (Å²) in [6.45, 7) is 0.682. The smallest absolute Gasteiger partial charge is 0.313 e. The van der Waals surface area contributed by atoms with Crippen LogP contribution in [0.15, 0.2) is 48.8 Å². The van der Waals surface area contributed by atoms with Gasteiger partial charge in [-0.3, -0.25) is 10.1 Å². The van der Waals surface area contributed by atoms with Gasteiger partial charge in [-0.1, -0.05) is 41.9 Å². The number of benzene rings is 1. The number of piperidine rings is 1. The van der Waals surface area contributed by atoms with E-state index in [-0.39, 0.29) is 16.8 Å². The highest BCUT2D eigenvalue weighted by Gasteiger charge is 2.32. The summed E-state index contributed by atoms with van der Waals surface area (Å²) in [5.41, 5.74) is 1.90. The van der Waals surface area contributed by atoms with Crippen molar-refractivity contribution in [3.05, 3.63) is 69.8 Å². The number of hydrogen-bond acceptors (Lipinski definition) is 5. The van der Waals surface area contributed by atoms with Crippen molar-refractivity contribution in [1.29, 1.82) is 0 Å². The van der Waals surface area contributed by atoms with Gasteiger partial charge in [0.1, 0.15) is 5.82 Å². The topological polar surface area (TPSA) is 87.9 Å². The third kappa shape index (κ3) is 3.50. The van der Waals surface area contributed by atoms with Gasteiger partial charge >= 0.3 is 5.69 Å². The molecule has 1 N–H and O–H groups in total. The molecule has 1 atom stereocenters. The van der Waals surface area contributed by atoms with E-state index in [0.717, 1.165) is 36.3 Å². The van der Waals surface area contributed by atoms with Gasteiger partial charge in [-0.05, 0) is 24.8 Å². The van der Waals surface area contributed by atoms with E-state index in [1.54, 1.807) is 6.20 Å². The second kappa shape index (κ2) is 7.36. The van der Waals surface area contributed by atoms with Crippen molar-refractivity contribution in [2.24, 2.45) is 0 Å². The molecule has 0 aliphatic carbocycles. The van der Waals surface area contributed by atoms with E-state index in [2.05, 4.69) is 15.0 Å². The molecule has 1 unspecified atom stereocenters. The maximum absolute atomic E-state index is 11.5.